The molecule has 4 heteroatoms. The Morgan fingerprint density at radius 3 is 1.77 bits per heavy atom. The van der Waals surface area contributed by atoms with E-state index in [0.29, 0.717) is 0 Å². The maximum atomic E-state index is 11.0. The fraction of sp³-hybridized carbons (Fsp3) is 0.778. The van der Waals surface area contributed by atoms with Gasteiger partial charge in [0.2, 0.25) is 5.91 Å². The average Bonchev–Trinajstić information content (AvgIpc) is 1.83. The number of amides is 1. The molecule has 0 spiro atoms. The zero-order valence-corrected chi connectivity index (χ0v) is 8.55. The van der Waals surface area contributed by atoms with E-state index in [0.717, 1.165) is 0 Å². The fourth-order valence-corrected chi connectivity index (χ4v) is 1.27. The molecule has 0 aromatic carbocycles. The number of hydrogen-bond acceptors (Lipinski definition) is 2. The summed E-state index contributed by atoms with van der Waals surface area (Å²) in [6, 6.07) is 0. The van der Waals surface area contributed by atoms with E-state index in [2.05, 4.69) is 0 Å². The highest BCUT2D eigenvalue weighted by Gasteiger charge is 2.37. The van der Waals surface area contributed by atoms with E-state index in [9.17, 15) is 9.59 Å². The molecule has 0 aliphatic carbocycles. The number of carbonyl (C=O) groups excluding carboxylic acids is 1. The molecule has 0 fully saturated rings. The summed E-state index contributed by atoms with van der Waals surface area (Å²) in [6.07, 6.45) is 0.241. The number of hydrogen-bond donors (Lipinski definition) is 2. The van der Waals surface area contributed by atoms with Crippen LogP contribution in [-0.4, -0.2) is 17.0 Å². The Kier molecular flexibility index (Phi) is 3.08. The van der Waals surface area contributed by atoms with Crippen molar-refractivity contribution in [1.29, 1.82) is 0 Å². The number of primary amides is 1. The lowest BCUT2D eigenvalue weighted by atomic mass is 9.75. The van der Waals surface area contributed by atoms with Crippen molar-refractivity contribution >= 4 is 11.9 Å². The summed E-state index contributed by atoms with van der Waals surface area (Å²) in [4.78, 5) is 21.7. The molecule has 0 saturated carbocycles. The maximum Gasteiger partial charge on any atom is 0.309 e. The maximum absolute atomic E-state index is 11.0. The van der Waals surface area contributed by atoms with Gasteiger partial charge in [0.15, 0.2) is 0 Å². The highest BCUT2D eigenvalue weighted by molar-refractivity contribution is 5.81. The van der Waals surface area contributed by atoms with Crippen molar-refractivity contribution in [2.75, 3.05) is 0 Å². The molecule has 3 N–H and O–H groups in total. The van der Waals surface area contributed by atoms with E-state index in [-0.39, 0.29) is 6.42 Å². The highest BCUT2D eigenvalue weighted by atomic mass is 16.4. The predicted octanol–water partition coefficient (Wildman–Crippen LogP) is 0.999. The highest BCUT2D eigenvalue weighted by Crippen LogP contribution is 2.33. The van der Waals surface area contributed by atoms with E-state index < -0.39 is 22.7 Å². The molecule has 0 bridgehead atoms. The van der Waals surface area contributed by atoms with Gasteiger partial charge in [-0.15, -0.1) is 0 Å². The molecule has 0 unspecified atom stereocenters. The molecule has 0 aliphatic heterocycles. The van der Waals surface area contributed by atoms with Crippen LogP contribution in [0.15, 0.2) is 0 Å². The van der Waals surface area contributed by atoms with Gasteiger partial charge >= 0.3 is 5.97 Å². The minimum Gasteiger partial charge on any atom is -0.481 e. The molecular formula is C9H17NO3. The molecule has 0 aromatic rings. The van der Waals surface area contributed by atoms with E-state index in [1.165, 1.54) is 0 Å². The van der Waals surface area contributed by atoms with Gasteiger partial charge in [0.1, 0.15) is 0 Å². The Morgan fingerprint density at radius 2 is 1.54 bits per heavy atom. The van der Waals surface area contributed by atoms with Crippen LogP contribution >= 0.6 is 0 Å². The molecule has 0 rings (SSSR count). The fourth-order valence-electron chi connectivity index (χ4n) is 1.27. The number of carbonyl (C=O) groups is 2. The molecule has 0 atom stereocenters. The Balaban J connectivity index is 4.61. The second kappa shape index (κ2) is 3.36. The van der Waals surface area contributed by atoms with Crippen molar-refractivity contribution in [3.05, 3.63) is 0 Å². The Bertz CT molecular complexity index is 207. The summed E-state index contributed by atoms with van der Waals surface area (Å²) in [6.45, 7) is 6.47. The summed E-state index contributed by atoms with van der Waals surface area (Å²) < 4.78 is 0. The second-order valence-electron chi connectivity index (χ2n) is 4.61. The van der Waals surface area contributed by atoms with Crippen LogP contribution in [0.2, 0.25) is 0 Å². The van der Waals surface area contributed by atoms with E-state index in [1.54, 1.807) is 27.7 Å². The molecule has 0 aromatic heterocycles. The van der Waals surface area contributed by atoms with Gasteiger partial charge in [0.25, 0.3) is 0 Å². The quantitative estimate of drug-likeness (QED) is 0.689. The third kappa shape index (κ3) is 3.05. The Hall–Kier alpha value is -1.06. The van der Waals surface area contributed by atoms with Crippen LogP contribution in [0.5, 0.6) is 0 Å². The van der Waals surface area contributed by atoms with Crippen molar-refractivity contribution in [1.82, 2.24) is 0 Å². The molecule has 13 heavy (non-hydrogen) atoms. The number of aliphatic carboxylic acids is 1. The Labute approximate surface area is 78.1 Å². The van der Waals surface area contributed by atoms with Crippen molar-refractivity contribution in [2.24, 2.45) is 16.6 Å². The monoisotopic (exact) mass is 187 g/mol. The molecule has 4 nitrogen and oxygen atoms in total. The third-order valence-corrected chi connectivity index (χ3v) is 2.13. The van der Waals surface area contributed by atoms with Crippen molar-refractivity contribution in [3.63, 3.8) is 0 Å². The summed E-state index contributed by atoms with van der Waals surface area (Å²) >= 11 is 0. The number of carboxylic acid groups (broad SMARTS) is 1. The first-order valence-corrected chi connectivity index (χ1v) is 4.13. The van der Waals surface area contributed by atoms with Crippen LogP contribution in [0, 0.1) is 10.8 Å². The van der Waals surface area contributed by atoms with Gasteiger partial charge in [-0.1, -0.05) is 13.8 Å². The third-order valence-electron chi connectivity index (χ3n) is 2.13. The number of nitrogens with two attached hydrogens (primary N) is 1. The van der Waals surface area contributed by atoms with Gasteiger partial charge in [-0.05, 0) is 20.3 Å². The standard InChI is InChI=1S/C9H17NO3/c1-8(2,6(10)11)5-9(3,4)7(12)13/h5H2,1-4H3,(H2,10,11)(H,12,13). The van der Waals surface area contributed by atoms with Crippen LogP contribution in [-0.2, 0) is 9.59 Å². The predicted molar refractivity (Wildman–Crippen MR) is 49.0 cm³/mol. The number of carboxylic acids is 1. The summed E-state index contributed by atoms with van der Waals surface area (Å²) in [5, 5.41) is 8.83. The summed E-state index contributed by atoms with van der Waals surface area (Å²) in [5.41, 5.74) is 3.45. The van der Waals surface area contributed by atoms with Gasteiger partial charge in [-0.3, -0.25) is 9.59 Å². The van der Waals surface area contributed by atoms with Crippen LogP contribution in [0.1, 0.15) is 34.1 Å². The first-order chi connectivity index (χ1) is 5.59. The van der Waals surface area contributed by atoms with Gasteiger partial charge in [-0.2, -0.15) is 0 Å². The van der Waals surface area contributed by atoms with Gasteiger partial charge in [0.05, 0.1) is 5.41 Å². The zero-order chi connectivity index (χ0) is 10.9. The van der Waals surface area contributed by atoms with Crippen molar-refractivity contribution < 1.29 is 14.7 Å². The molecule has 0 saturated heterocycles. The summed E-state index contributed by atoms with van der Waals surface area (Å²) in [7, 11) is 0. The largest absolute Gasteiger partial charge is 0.481 e. The molecule has 0 heterocycles. The van der Waals surface area contributed by atoms with Crippen LogP contribution < -0.4 is 5.73 Å². The minimum atomic E-state index is -0.918. The molecule has 0 aliphatic rings. The normalized spacial score (nSPS) is 12.6. The molecular weight excluding hydrogens is 170 g/mol. The van der Waals surface area contributed by atoms with Gasteiger partial charge in [-0.25, -0.2) is 0 Å². The van der Waals surface area contributed by atoms with E-state index in [1.807, 2.05) is 0 Å². The average molecular weight is 187 g/mol. The first-order valence-electron chi connectivity index (χ1n) is 4.13. The lowest BCUT2D eigenvalue weighted by Gasteiger charge is -2.29. The van der Waals surface area contributed by atoms with Crippen LogP contribution in [0.25, 0.3) is 0 Å². The second-order valence-corrected chi connectivity index (χ2v) is 4.61. The van der Waals surface area contributed by atoms with Crippen molar-refractivity contribution in [2.45, 2.75) is 34.1 Å². The smallest absolute Gasteiger partial charge is 0.309 e. The van der Waals surface area contributed by atoms with E-state index in [4.69, 9.17) is 10.8 Å². The molecule has 76 valence electrons. The lowest BCUT2D eigenvalue weighted by Crippen LogP contribution is -2.38. The number of rotatable bonds is 4. The van der Waals surface area contributed by atoms with E-state index >= 15 is 0 Å². The van der Waals surface area contributed by atoms with Crippen LogP contribution in [0.4, 0.5) is 0 Å². The Morgan fingerprint density at radius 1 is 1.15 bits per heavy atom. The van der Waals surface area contributed by atoms with Gasteiger partial charge in [0, 0.05) is 5.41 Å². The zero-order valence-electron chi connectivity index (χ0n) is 8.55. The first kappa shape index (κ1) is 11.9. The SMILES string of the molecule is CC(C)(CC(C)(C)C(=O)O)C(N)=O. The lowest BCUT2D eigenvalue weighted by molar-refractivity contribution is -0.149. The topological polar surface area (TPSA) is 80.4 Å². The van der Waals surface area contributed by atoms with Crippen LogP contribution in [0.3, 0.4) is 0 Å². The van der Waals surface area contributed by atoms with Gasteiger partial charge < -0.3 is 10.8 Å². The molecule has 0 radical (unpaired) electrons. The van der Waals surface area contributed by atoms with Crippen molar-refractivity contribution in [3.8, 4) is 0 Å². The minimum absolute atomic E-state index is 0.241. The summed E-state index contributed by atoms with van der Waals surface area (Å²) in [5.74, 6) is -1.39. The molecule has 1 amide bonds.